The summed E-state index contributed by atoms with van der Waals surface area (Å²) in [6.45, 7) is 2.37. The number of anilines is 2. The molecule has 0 radical (unpaired) electrons. The molecule has 2 N–H and O–H groups in total. The summed E-state index contributed by atoms with van der Waals surface area (Å²) in [6, 6.07) is 11.9. The summed E-state index contributed by atoms with van der Waals surface area (Å²) in [6.07, 6.45) is 5.85. The minimum Gasteiger partial charge on any atom is -0.338 e. The van der Waals surface area contributed by atoms with Gasteiger partial charge in [-0.15, -0.1) is 0 Å². The summed E-state index contributed by atoms with van der Waals surface area (Å²) in [5.41, 5.74) is 2.68. The maximum Gasteiger partial charge on any atom is 0.262 e. The molecule has 1 heterocycles. The van der Waals surface area contributed by atoms with E-state index in [-0.39, 0.29) is 29.2 Å². The molecule has 0 aromatic heterocycles. The third-order valence-corrected chi connectivity index (χ3v) is 7.81. The van der Waals surface area contributed by atoms with Gasteiger partial charge in [0.1, 0.15) is 0 Å². The Morgan fingerprint density at radius 3 is 2.34 bits per heavy atom. The SMILES string of the molecule is CC(=O)N1CCc2cccc(S(=O)(=O)Nc3ccc(NC(=O)C4CCCCC4)cc3)c2C1. The highest BCUT2D eigenvalue weighted by atomic mass is 32.2. The number of benzene rings is 2. The van der Waals surface area contributed by atoms with E-state index in [1.54, 1.807) is 41.3 Å². The summed E-state index contributed by atoms with van der Waals surface area (Å²) in [5, 5.41) is 2.94. The maximum absolute atomic E-state index is 13.1. The first kappa shape index (κ1) is 22.3. The van der Waals surface area contributed by atoms with Gasteiger partial charge in [0.15, 0.2) is 0 Å². The molecular weight excluding hydrogens is 426 g/mol. The van der Waals surface area contributed by atoms with Crippen molar-refractivity contribution in [3.63, 3.8) is 0 Å². The molecular formula is C24H29N3O4S. The molecule has 7 nitrogen and oxygen atoms in total. The van der Waals surface area contributed by atoms with E-state index >= 15 is 0 Å². The minimum absolute atomic E-state index is 0.0315. The number of fused-ring (bicyclic) bond motifs is 1. The van der Waals surface area contributed by atoms with E-state index in [4.69, 9.17) is 0 Å². The van der Waals surface area contributed by atoms with Crippen molar-refractivity contribution in [2.45, 2.75) is 56.9 Å². The van der Waals surface area contributed by atoms with Gasteiger partial charge in [0.05, 0.1) is 4.90 Å². The molecule has 0 bridgehead atoms. The van der Waals surface area contributed by atoms with Gasteiger partial charge < -0.3 is 10.2 Å². The third-order valence-electron chi connectivity index (χ3n) is 6.35. The van der Waals surface area contributed by atoms with Gasteiger partial charge in [-0.3, -0.25) is 14.3 Å². The van der Waals surface area contributed by atoms with Crippen LogP contribution in [0.15, 0.2) is 47.4 Å². The molecule has 1 saturated carbocycles. The van der Waals surface area contributed by atoms with Crippen LogP contribution in [-0.2, 0) is 32.6 Å². The summed E-state index contributed by atoms with van der Waals surface area (Å²) < 4.78 is 28.9. The number of hydrogen-bond donors (Lipinski definition) is 2. The monoisotopic (exact) mass is 455 g/mol. The van der Waals surface area contributed by atoms with Crippen molar-refractivity contribution < 1.29 is 18.0 Å². The van der Waals surface area contributed by atoms with Crippen LogP contribution in [-0.4, -0.2) is 31.7 Å². The molecule has 2 aromatic rings. The summed E-state index contributed by atoms with van der Waals surface area (Å²) in [7, 11) is -3.83. The number of nitrogens with zero attached hydrogens (tertiary/aromatic N) is 1. The van der Waals surface area contributed by atoms with E-state index in [1.165, 1.54) is 13.3 Å². The van der Waals surface area contributed by atoms with E-state index in [1.807, 2.05) is 6.07 Å². The first-order valence-corrected chi connectivity index (χ1v) is 12.6. The highest BCUT2D eigenvalue weighted by Crippen LogP contribution is 2.28. The highest BCUT2D eigenvalue weighted by Gasteiger charge is 2.26. The van der Waals surface area contributed by atoms with Crippen LogP contribution in [0.2, 0.25) is 0 Å². The normalized spacial score (nSPS) is 16.8. The summed E-state index contributed by atoms with van der Waals surface area (Å²) in [4.78, 5) is 26.1. The number of carbonyl (C=O) groups is 2. The maximum atomic E-state index is 13.1. The molecule has 0 unspecified atom stereocenters. The second-order valence-corrected chi connectivity index (χ2v) is 10.2. The van der Waals surface area contributed by atoms with Crippen molar-refractivity contribution in [2.24, 2.45) is 5.92 Å². The Labute approximate surface area is 189 Å². The number of sulfonamides is 1. The number of carbonyl (C=O) groups excluding carboxylic acids is 2. The van der Waals surface area contributed by atoms with Crippen molar-refractivity contribution in [1.82, 2.24) is 4.90 Å². The molecule has 2 aliphatic rings. The van der Waals surface area contributed by atoms with Crippen LogP contribution in [0.1, 0.15) is 50.2 Å². The quantitative estimate of drug-likeness (QED) is 0.715. The van der Waals surface area contributed by atoms with Gasteiger partial charge in [-0.1, -0.05) is 31.4 Å². The lowest BCUT2D eigenvalue weighted by Gasteiger charge is -2.29. The number of nitrogens with one attached hydrogen (secondary N) is 2. The van der Waals surface area contributed by atoms with Gasteiger partial charge in [-0.05, 0) is 60.7 Å². The van der Waals surface area contributed by atoms with Crippen molar-refractivity contribution in [3.8, 4) is 0 Å². The molecule has 0 spiro atoms. The number of hydrogen-bond acceptors (Lipinski definition) is 4. The zero-order valence-electron chi connectivity index (χ0n) is 18.3. The average Bonchev–Trinajstić information content (AvgIpc) is 2.80. The summed E-state index contributed by atoms with van der Waals surface area (Å²) >= 11 is 0. The first-order chi connectivity index (χ1) is 15.3. The lowest BCUT2D eigenvalue weighted by atomic mass is 9.88. The molecule has 0 atom stereocenters. The van der Waals surface area contributed by atoms with Gasteiger partial charge in [-0.25, -0.2) is 8.42 Å². The fourth-order valence-electron chi connectivity index (χ4n) is 4.51. The van der Waals surface area contributed by atoms with Gasteiger partial charge in [0.2, 0.25) is 11.8 Å². The van der Waals surface area contributed by atoms with Gasteiger partial charge in [0, 0.05) is 37.3 Å². The average molecular weight is 456 g/mol. The van der Waals surface area contributed by atoms with Crippen LogP contribution < -0.4 is 10.0 Å². The predicted molar refractivity (Wildman–Crippen MR) is 124 cm³/mol. The van der Waals surface area contributed by atoms with Crippen LogP contribution >= 0.6 is 0 Å². The molecule has 1 aliphatic carbocycles. The summed E-state index contributed by atoms with van der Waals surface area (Å²) in [5.74, 6) is 0.0198. The Morgan fingerprint density at radius 2 is 1.66 bits per heavy atom. The zero-order valence-corrected chi connectivity index (χ0v) is 19.1. The van der Waals surface area contributed by atoms with Crippen LogP contribution in [0.5, 0.6) is 0 Å². The van der Waals surface area contributed by atoms with Gasteiger partial charge in [-0.2, -0.15) is 0 Å². The standard InChI is InChI=1S/C24H29N3O4S/c1-17(28)27-15-14-18-8-5-9-23(22(18)16-27)32(30,31)26-21-12-10-20(11-13-21)25-24(29)19-6-3-2-4-7-19/h5,8-13,19,26H,2-4,6-7,14-16H2,1H3,(H,25,29). The van der Waals surface area contributed by atoms with E-state index < -0.39 is 10.0 Å². The van der Waals surface area contributed by atoms with Gasteiger partial charge in [0.25, 0.3) is 10.0 Å². The van der Waals surface area contributed by atoms with E-state index in [2.05, 4.69) is 10.0 Å². The highest BCUT2D eigenvalue weighted by molar-refractivity contribution is 7.92. The molecule has 0 saturated heterocycles. The number of rotatable bonds is 5. The van der Waals surface area contributed by atoms with E-state index in [0.29, 0.717) is 29.9 Å². The fourth-order valence-corrected chi connectivity index (χ4v) is 5.85. The van der Waals surface area contributed by atoms with Crippen molar-refractivity contribution >= 4 is 33.2 Å². The Balaban J connectivity index is 1.47. The van der Waals surface area contributed by atoms with Crippen LogP contribution in [0.25, 0.3) is 0 Å². The first-order valence-electron chi connectivity index (χ1n) is 11.1. The van der Waals surface area contributed by atoms with E-state index in [0.717, 1.165) is 31.2 Å². The second kappa shape index (κ2) is 9.32. The predicted octanol–water partition coefficient (Wildman–Crippen LogP) is 3.91. The Hall–Kier alpha value is -2.87. The molecule has 2 amide bonds. The van der Waals surface area contributed by atoms with Crippen LogP contribution in [0.4, 0.5) is 11.4 Å². The van der Waals surface area contributed by atoms with Crippen molar-refractivity contribution in [1.29, 1.82) is 0 Å². The van der Waals surface area contributed by atoms with E-state index in [9.17, 15) is 18.0 Å². The van der Waals surface area contributed by atoms with Crippen molar-refractivity contribution in [3.05, 3.63) is 53.6 Å². The lowest BCUT2D eigenvalue weighted by molar-refractivity contribution is -0.129. The Bertz CT molecular complexity index is 1110. The molecule has 8 heteroatoms. The van der Waals surface area contributed by atoms with Crippen LogP contribution in [0.3, 0.4) is 0 Å². The molecule has 1 aliphatic heterocycles. The Kier molecular flexibility index (Phi) is 6.50. The van der Waals surface area contributed by atoms with Crippen molar-refractivity contribution in [2.75, 3.05) is 16.6 Å². The van der Waals surface area contributed by atoms with Gasteiger partial charge >= 0.3 is 0 Å². The topological polar surface area (TPSA) is 95.6 Å². The molecule has 1 fully saturated rings. The molecule has 2 aromatic carbocycles. The Morgan fingerprint density at radius 1 is 0.969 bits per heavy atom. The number of amides is 2. The van der Waals surface area contributed by atoms with Crippen LogP contribution in [0, 0.1) is 5.92 Å². The minimum atomic E-state index is -3.83. The smallest absolute Gasteiger partial charge is 0.262 e. The molecule has 32 heavy (non-hydrogen) atoms. The largest absolute Gasteiger partial charge is 0.338 e. The third kappa shape index (κ3) is 4.96. The zero-order chi connectivity index (χ0) is 22.7. The molecule has 4 rings (SSSR count). The fraction of sp³-hybridized carbons (Fsp3) is 0.417. The second-order valence-electron chi connectivity index (χ2n) is 8.59. The molecule has 170 valence electrons. The lowest BCUT2D eigenvalue weighted by Crippen LogP contribution is -2.35.